The molecule has 126 valence electrons. The van der Waals surface area contributed by atoms with E-state index >= 15 is 0 Å². The second-order valence-electron chi connectivity index (χ2n) is 6.13. The minimum absolute atomic E-state index is 0. The molecule has 2 heterocycles. The third-order valence-corrected chi connectivity index (χ3v) is 3.66. The van der Waals surface area contributed by atoms with Crippen LogP contribution in [0.1, 0.15) is 45.3 Å². The molecule has 1 fully saturated rings. The molecular weight excluding hydrogens is 393 g/mol. The van der Waals surface area contributed by atoms with E-state index in [4.69, 9.17) is 4.52 Å². The number of likely N-dealkylation sites (tertiary alicyclic amines) is 1. The van der Waals surface area contributed by atoms with Crippen molar-refractivity contribution >= 4 is 29.9 Å². The Labute approximate surface area is 150 Å². The lowest BCUT2D eigenvalue weighted by Crippen LogP contribution is -2.40. The van der Waals surface area contributed by atoms with Crippen LogP contribution in [-0.2, 0) is 6.54 Å². The predicted octanol–water partition coefficient (Wildman–Crippen LogP) is 2.83. The summed E-state index contributed by atoms with van der Waals surface area (Å²) in [5.74, 6) is 3.73. The van der Waals surface area contributed by atoms with E-state index in [0.29, 0.717) is 18.3 Å². The van der Waals surface area contributed by atoms with Crippen molar-refractivity contribution in [1.82, 2.24) is 20.4 Å². The quantitative estimate of drug-likeness (QED) is 0.450. The van der Waals surface area contributed by atoms with Crippen LogP contribution in [0.15, 0.2) is 9.52 Å². The molecular formula is C15H28IN5O. The third kappa shape index (κ3) is 5.73. The minimum Gasteiger partial charge on any atom is -0.357 e. The Bertz CT molecular complexity index is 474. The van der Waals surface area contributed by atoms with Gasteiger partial charge in [0.15, 0.2) is 11.8 Å². The molecule has 1 aliphatic rings. The number of aryl methyl sites for hydroxylation is 1. The zero-order valence-corrected chi connectivity index (χ0v) is 16.3. The maximum atomic E-state index is 4.98. The Hall–Kier alpha value is -0.860. The van der Waals surface area contributed by atoms with Crippen molar-refractivity contribution < 1.29 is 4.52 Å². The van der Waals surface area contributed by atoms with Crippen molar-refractivity contribution in [2.24, 2.45) is 16.8 Å². The summed E-state index contributed by atoms with van der Waals surface area (Å²) in [6.07, 6.45) is 2.55. The lowest BCUT2D eigenvalue weighted by molar-refractivity contribution is 0.387. The highest BCUT2D eigenvalue weighted by Crippen LogP contribution is 2.23. The highest BCUT2D eigenvalue weighted by Gasteiger charge is 2.25. The first-order chi connectivity index (χ1) is 10.1. The van der Waals surface area contributed by atoms with Crippen LogP contribution in [-0.4, -0.2) is 40.6 Å². The Morgan fingerprint density at radius 1 is 1.50 bits per heavy atom. The maximum absolute atomic E-state index is 4.98. The first-order valence-electron chi connectivity index (χ1n) is 7.91. The summed E-state index contributed by atoms with van der Waals surface area (Å²) in [4.78, 5) is 11.2. The van der Waals surface area contributed by atoms with E-state index in [9.17, 15) is 0 Å². The molecule has 0 amide bonds. The molecule has 1 aliphatic heterocycles. The Balaban J connectivity index is 0.00000242. The molecule has 0 spiro atoms. The highest BCUT2D eigenvalue weighted by atomic mass is 127. The standard InChI is InChI=1S/C15H27N5O.HI/c1-5-16-15(17-9-14-18-12(4)21-19-14)20-7-6-13(10-20)8-11(2)3;/h11,13H,5-10H2,1-4H3,(H,16,17);1H. The topological polar surface area (TPSA) is 66.5 Å². The van der Waals surface area contributed by atoms with Crippen LogP contribution in [0.25, 0.3) is 0 Å². The van der Waals surface area contributed by atoms with Crippen molar-refractivity contribution in [2.45, 2.75) is 47.1 Å². The van der Waals surface area contributed by atoms with Gasteiger partial charge in [-0.25, -0.2) is 4.99 Å². The van der Waals surface area contributed by atoms with Gasteiger partial charge in [0.1, 0.15) is 6.54 Å². The normalized spacial score (nSPS) is 18.7. The van der Waals surface area contributed by atoms with Gasteiger partial charge < -0.3 is 14.7 Å². The summed E-state index contributed by atoms with van der Waals surface area (Å²) < 4.78 is 4.98. The number of nitrogens with zero attached hydrogens (tertiary/aromatic N) is 4. The number of rotatable bonds is 5. The van der Waals surface area contributed by atoms with E-state index in [2.05, 4.69) is 46.1 Å². The van der Waals surface area contributed by atoms with Gasteiger partial charge in [-0.2, -0.15) is 4.98 Å². The first kappa shape index (κ1) is 19.2. The van der Waals surface area contributed by atoms with Gasteiger partial charge in [-0.05, 0) is 31.6 Å². The van der Waals surface area contributed by atoms with Crippen molar-refractivity contribution in [2.75, 3.05) is 19.6 Å². The summed E-state index contributed by atoms with van der Waals surface area (Å²) in [7, 11) is 0. The average Bonchev–Trinajstić information content (AvgIpc) is 3.03. The molecule has 0 radical (unpaired) electrons. The summed E-state index contributed by atoms with van der Waals surface area (Å²) in [5, 5.41) is 7.25. The van der Waals surface area contributed by atoms with E-state index in [1.165, 1.54) is 12.8 Å². The third-order valence-electron chi connectivity index (χ3n) is 3.66. The van der Waals surface area contributed by atoms with E-state index in [1.807, 2.05) is 0 Å². The van der Waals surface area contributed by atoms with Gasteiger partial charge in [-0.3, -0.25) is 0 Å². The average molecular weight is 421 g/mol. The molecule has 1 aromatic rings. The van der Waals surface area contributed by atoms with Gasteiger partial charge in [-0.15, -0.1) is 24.0 Å². The van der Waals surface area contributed by atoms with Crippen LogP contribution in [0.4, 0.5) is 0 Å². The molecule has 1 aromatic heterocycles. The van der Waals surface area contributed by atoms with Crippen LogP contribution >= 0.6 is 24.0 Å². The Morgan fingerprint density at radius 2 is 2.27 bits per heavy atom. The number of aromatic nitrogens is 2. The number of aliphatic imine (C=N–C) groups is 1. The second-order valence-corrected chi connectivity index (χ2v) is 6.13. The number of hydrogen-bond acceptors (Lipinski definition) is 4. The van der Waals surface area contributed by atoms with Gasteiger partial charge in [0.05, 0.1) is 0 Å². The number of guanidine groups is 1. The minimum atomic E-state index is 0. The molecule has 6 nitrogen and oxygen atoms in total. The fourth-order valence-electron chi connectivity index (χ4n) is 2.86. The fraction of sp³-hybridized carbons (Fsp3) is 0.800. The molecule has 7 heteroatoms. The molecule has 1 N–H and O–H groups in total. The van der Waals surface area contributed by atoms with E-state index < -0.39 is 0 Å². The molecule has 0 saturated carbocycles. The zero-order valence-electron chi connectivity index (χ0n) is 14.0. The van der Waals surface area contributed by atoms with Crippen LogP contribution in [0.5, 0.6) is 0 Å². The molecule has 22 heavy (non-hydrogen) atoms. The van der Waals surface area contributed by atoms with Crippen LogP contribution in [0.2, 0.25) is 0 Å². The summed E-state index contributed by atoms with van der Waals surface area (Å²) >= 11 is 0. The van der Waals surface area contributed by atoms with Crippen molar-refractivity contribution in [3.05, 3.63) is 11.7 Å². The monoisotopic (exact) mass is 421 g/mol. The Morgan fingerprint density at radius 3 is 2.86 bits per heavy atom. The number of halogens is 1. The summed E-state index contributed by atoms with van der Waals surface area (Å²) in [6, 6.07) is 0. The molecule has 1 saturated heterocycles. The Kier molecular flexibility index (Phi) is 8.13. The van der Waals surface area contributed by atoms with Crippen molar-refractivity contribution in [3.8, 4) is 0 Å². The van der Waals surface area contributed by atoms with Crippen LogP contribution in [0.3, 0.4) is 0 Å². The maximum Gasteiger partial charge on any atom is 0.223 e. The number of hydrogen-bond donors (Lipinski definition) is 1. The number of nitrogens with one attached hydrogen (secondary N) is 1. The van der Waals surface area contributed by atoms with Gasteiger partial charge in [-0.1, -0.05) is 19.0 Å². The SMILES string of the molecule is CCNC(=NCc1noc(C)n1)N1CCC(CC(C)C)C1.I. The molecule has 0 bridgehead atoms. The molecule has 0 aliphatic carbocycles. The highest BCUT2D eigenvalue weighted by molar-refractivity contribution is 14.0. The van der Waals surface area contributed by atoms with Crippen molar-refractivity contribution in [3.63, 3.8) is 0 Å². The van der Waals surface area contributed by atoms with Gasteiger partial charge in [0, 0.05) is 26.6 Å². The predicted molar refractivity (Wildman–Crippen MR) is 98.4 cm³/mol. The molecule has 1 atom stereocenters. The lowest BCUT2D eigenvalue weighted by atomic mass is 9.97. The van der Waals surface area contributed by atoms with Crippen LogP contribution < -0.4 is 5.32 Å². The van der Waals surface area contributed by atoms with E-state index in [1.54, 1.807) is 6.92 Å². The first-order valence-corrected chi connectivity index (χ1v) is 7.91. The molecule has 0 aromatic carbocycles. The van der Waals surface area contributed by atoms with Gasteiger partial charge in [0.2, 0.25) is 5.89 Å². The fourth-order valence-corrected chi connectivity index (χ4v) is 2.86. The van der Waals surface area contributed by atoms with E-state index in [0.717, 1.165) is 37.4 Å². The lowest BCUT2D eigenvalue weighted by Gasteiger charge is -2.21. The van der Waals surface area contributed by atoms with Crippen LogP contribution in [0, 0.1) is 18.8 Å². The summed E-state index contributed by atoms with van der Waals surface area (Å²) in [6.45, 7) is 12.0. The van der Waals surface area contributed by atoms with Gasteiger partial charge in [0.25, 0.3) is 0 Å². The summed E-state index contributed by atoms with van der Waals surface area (Å²) in [5.41, 5.74) is 0. The molecule has 1 unspecified atom stereocenters. The second kappa shape index (κ2) is 9.32. The van der Waals surface area contributed by atoms with Gasteiger partial charge >= 0.3 is 0 Å². The molecule has 2 rings (SSSR count). The van der Waals surface area contributed by atoms with E-state index in [-0.39, 0.29) is 24.0 Å². The smallest absolute Gasteiger partial charge is 0.223 e. The van der Waals surface area contributed by atoms with Crippen molar-refractivity contribution in [1.29, 1.82) is 0 Å². The largest absolute Gasteiger partial charge is 0.357 e. The zero-order chi connectivity index (χ0) is 15.2.